The van der Waals surface area contributed by atoms with Gasteiger partial charge in [0.15, 0.2) is 0 Å². The van der Waals surface area contributed by atoms with Gasteiger partial charge in [0.05, 0.1) is 23.9 Å². The lowest BCUT2D eigenvalue weighted by Crippen LogP contribution is -2.16. The summed E-state index contributed by atoms with van der Waals surface area (Å²) in [5.74, 6) is -0.0183. The van der Waals surface area contributed by atoms with Gasteiger partial charge >= 0.3 is 0 Å². The number of ether oxygens (including phenoxy) is 1. The van der Waals surface area contributed by atoms with Crippen molar-refractivity contribution in [1.29, 1.82) is 0 Å². The Kier molecular flexibility index (Phi) is 5.37. The lowest BCUT2D eigenvalue weighted by Gasteiger charge is -2.15. The van der Waals surface area contributed by atoms with E-state index in [1.165, 1.54) is 0 Å². The highest BCUT2D eigenvalue weighted by Crippen LogP contribution is 2.31. The van der Waals surface area contributed by atoms with Crippen molar-refractivity contribution in [2.24, 2.45) is 5.73 Å². The number of fused-ring (bicyclic) bond motifs is 1. The molecule has 2 amide bonds. The smallest absolute Gasteiger partial charge is 0.256 e. The van der Waals surface area contributed by atoms with Crippen molar-refractivity contribution in [2.45, 2.75) is 6.92 Å². The molecule has 0 fully saturated rings. The van der Waals surface area contributed by atoms with Crippen LogP contribution in [0, 0.1) is 6.92 Å². The molecule has 0 bridgehead atoms. The third-order valence-corrected chi connectivity index (χ3v) is 5.15. The van der Waals surface area contributed by atoms with Crippen molar-refractivity contribution < 1.29 is 14.3 Å². The molecule has 0 aliphatic rings. The number of rotatable bonds is 5. The van der Waals surface area contributed by atoms with Gasteiger partial charge in [-0.2, -0.15) is 0 Å². The van der Waals surface area contributed by atoms with Crippen LogP contribution >= 0.6 is 0 Å². The SMILES string of the molecule is COc1ccc(-c2nc3ccccc3c(C(=O)Nc3ccc(C(N)=O)cc3)c2C)cc1. The molecule has 0 saturated heterocycles. The molecular formula is C25H21N3O3. The maximum absolute atomic E-state index is 13.3. The fourth-order valence-electron chi connectivity index (χ4n) is 3.54. The summed E-state index contributed by atoms with van der Waals surface area (Å²) in [5.41, 5.74) is 9.92. The normalized spacial score (nSPS) is 10.6. The molecular weight excluding hydrogens is 390 g/mol. The van der Waals surface area contributed by atoms with Crippen LogP contribution in [0.3, 0.4) is 0 Å². The lowest BCUT2D eigenvalue weighted by atomic mass is 9.97. The fraction of sp³-hybridized carbons (Fsp3) is 0.0800. The van der Waals surface area contributed by atoms with E-state index in [0.717, 1.165) is 33.5 Å². The van der Waals surface area contributed by atoms with Crippen molar-refractivity contribution >= 4 is 28.4 Å². The van der Waals surface area contributed by atoms with Gasteiger partial charge in [0.1, 0.15) is 5.75 Å². The first kappa shape index (κ1) is 20.1. The molecule has 0 atom stereocenters. The number of benzene rings is 3. The Balaban J connectivity index is 1.79. The molecule has 154 valence electrons. The summed E-state index contributed by atoms with van der Waals surface area (Å²) in [6.07, 6.45) is 0. The summed E-state index contributed by atoms with van der Waals surface area (Å²) in [6, 6.07) is 21.6. The second kappa shape index (κ2) is 8.28. The van der Waals surface area contributed by atoms with Gasteiger partial charge in [-0.1, -0.05) is 18.2 Å². The maximum atomic E-state index is 13.3. The summed E-state index contributed by atoms with van der Waals surface area (Å²) in [5, 5.41) is 3.68. The van der Waals surface area contributed by atoms with Gasteiger partial charge < -0.3 is 15.8 Å². The molecule has 1 heterocycles. The Morgan fingerprint density at radius 3 is 2.26 bits per heavy atom. The van der Waals surface area contributed by atoms with Crippen LogP contribution in [0.4, 0.5) is 5.69 Å². The van der Waals surface area contributed by atoms with E-state index in [1.807, 2.05) is 55.5 Å². The third-order valence-electron chi connectivity index (χ3n) is 5.15. The van der Waals surface area contributed by atoms with Crippen LogP contribution < -0.4 is 15.8 Å². The van der Waals surface area contributed by atoms with Crippen molar-refractivity contribution in [1.82, 2.24) is 4.98 Å². The Hall–Kier alpha value is -4.19. The summed E-state index contributed by atoms with van der Waals surface area (Å²) in [4.78, 5) is 29.4. The van der Waals surface area contributed by atoms with E-state index in [-0.39, 0.29) is 5.91 Å². The van der Waals surface area contributed by atoms with E-state index in [9.17, 15) is 9.59 Å². The number of aromatic nitrogens is 1. The number of pyridine rings is 1. The number of anilines is 1. The quantitative estimate of drug-likeness (QED) is 0.503. The minimum absolute atomic E-state index is 0.252. The largest absolute Gasteiger partial charge is 0.497 e. The summed E-state index contributed by atoms with van der Waals surface area (Å²) < 4.78 is 5.24. The van der Waals surface area contributed by atoms with Crippen molar-refractivity contribution in [3.05, 3.63) is 89.5 Å². The van der Waals surface area contributed by atoms with Crippen LogP contribution in [-0.4, -0.2) is 23.9 Å². The Labute approximate surface area is 179 Å². The van der Waals surface area contributed by atoms with E-state index in [1.54, 1.807) is 31.4 Å². The van der Waals surface area contributed by atoms with Crippen molar-refractivity contribution in [3.8, 4) is 17.0 Å². The number of para-hydroxylation sites is 1. The molecule has 1 aromatic heterocycles. The Morgan fingerprint density at radius 1 is 0.935 bits per heavy atom. The zero-order valence-corrected chi connectivity index (χ0v) is 17.2. The first-order valence-electron chi connectivity index (χ1n) is 9.73. The molecule has 0 unspecified atom stereocenters. The number of nitrogens with two attached hydrogens (primary N) is 1. The number of carbonyl (C=O) groups is 2. The number of nitrogens with one attached hydrogen (secondary N) is 1. The summed E-state index contributed by atoms with van der Waals surface area (Å²) in [7, 11) is 1.62. The highest BCUT2D eigenvalue weighted by Gasteiger charge is 2.19. The van der Waals surface area contributed by atoms with Crippen LogP contribution in [-0.2, 0) is 0 Å². The van der Waals surface area contributed by atoms with E-state index >= 15 is 0 Å². The number of methoxy groups -OCH3 is 1. The third kappa shape index (κ3) is 3.96. The molecule has 4 aromatic rings. The van der Waals surface area contributed by atoms with Crippen LogP contribution in [0.2, 0.25) is 0 Å². The maximum Gasteiger partial charge on any atom is 0.256 e. The van der Waals surface area contributed by atoms with Gasteiger partial charge in [0, 0.05) is 22.2 Å². The first-order chi connectivity index (χ1) is 15.0. The number of carbonyl (C=O) groups excluding carboxylic acids is 2. The summed E-state index contributed by atoms with van der Waals surface area (Å²) >= 11 is 0. The van der Waals surface area contributed by atoms with Gasteiger partial charge in [-0.25, -0.2) is 4.98 Å². The average molecular weight is 411 g/mol. The highest BCUT2D eigenvalue weighted by molar-refractivity contribution is 6.14. The second-order valence-corrected chi connectivity index (χ2v) is 7.10. The predicted molar refractivity (Wildman–Crippen MR) is 121 cm³/mol. The fourth-order valence-corrected chi connectivity index (χ4v) is 3.54. The van der Waals surface area contributed by atoms with Gasteiger partial charge in [-0.05, 0) is 67.1 Å². The van der Waals surface area contributed by atoms with E-state index < -0.39 is 5.91 Å². The average Bonchev–Trinajstić information content (AvgIpc) is 2.79. The minimum Gasteiger partial charge on any atom is -0.497 e. The molecule has 0 aliphatic carbocycles. The molecule has 31 heavy (non-hydrogen) atoms. The number of hydrogen-bond acceptors (Lipinski definition) is 4. The van der Waals surface area contributed by atoms with E-state index in [4.69, 9.17) is 15.5 Å². The number of hydrogen-bond donors (Lipinski definition) is 2. The molecule has 6 nitrogen and oxygen atoms in total. The topological polar surface area (TPSA) is 94.3 Å². The molecule has 0 radical (unpaired) electrons. The van der Waals surface area contributed by atoms with Crippen LogP contribution in [0.5, 0.6) is 5.75 Å². The van der Waals surface area contributed by atoms with Crippen molar-refractivity contribution in [2.75, 3.05) is 12.4 Å². The van der Waals surface area contributed by atoms with E-state index in [0.29, 0.717) is 16.8 Å². The lowest BCUT2D eigenvalue weighted by molar-refractivity contribution is 0.0998. The number of primary amides is 1. The standard InChI is InChI=1S/C25H21N3O3/c1-15-22(25(30)27-18-11-7-17(8-12-18)24(26)29)20-5-3-4-6-21(20)28-23(15)16-9-13-19(31-2)14-10-16/h3-14H,1-2H3,(H2,26,29)(H,27,30). The minimum atomic E-state index is -0.516. The molecule has 0 saturated carbocycles. The molecule has 4 rings (SSSR count). The molecule has 6 heteroatoms. The Bertz CT molecular complexity index is 1280. The molecule has 3 N–H and O–H groups in total. The highest BCUT2D eigenvalue weighted by atomic mass is 16.5. The van der Waals surface area contributed by atoms with E-state index in [2.05, 4.69) is 5.32 Å². The molecule has 0 aliphatic heterocycles. The number of amides is 2. The number of nitrogens with zero attached hydrogens (tertiary/aromatic N) is 1. The van der Waals surface area contributed by atoms with Crippen LogP contribution in [0.25, 0.3) is 22.2 Å². The zero-order chi connectivity index (χ0) is 22.0. The van der Waals surface area contributed by atoms with Gasteiger partial charge in [0.2, 0.25) is 5.91 Å². The Morgan fingerprint density at radius 2 is 1.61 bits per heavy atom. The van der Waals surface area contributed by atoms with Crippen LogP contribution in [0.1, 0.15) is 26.3 Å². The van der Waals surface area contributed by atoms with Gasteiger partial charge in [-0.15, -0.1) is 0 Å². The predicted octanol–water partition coefficient (Wildman–Crippen LogP) is 4.57. The summed E-state index contributed by atoms with van der Waals surface area (Å²) in [6.45, 7) is 1.89. The van der Waals surface area contributed by atoms with Crippen LogP contribution in [0.15, 0.2) is 72.8 Å². The molecule has 3 aromatic carbocycles. The monoisotopic (exact) mass is 411 g/mol. The zero-order valence-electron chi connectivity index (χ0n) is 17.2. The molecule has 0 spiro atoms. The van der Waals surface area contributed by atoms with Gasteiger partial charge in [-0.3, -0.25) is 9.59 Å². The van der Waals surface area contributed by atoms with Crippen molar-refractivity contribution in [3.63, 3.8) is 0 Å². The van der Waals surface area contributed by atoms with Gasteiger partial charge in [0.25, 0.3) is 5.91 Å². The first-order valence-corrected chi connectivity index (χ1v) is 9.73. The second-order valence-electron chi connectivity index (χ2n) is 7.10.